The molecule has 1 saturated heterocycles. The summed E-state index contributed by atoms with van der Waals surface area (Å²) in [6.45, 7) is 48.6. The Kier molecular flexibility index (Phi) is 29.1. The van der Waals surface area contributed by atoms with E-state index < -0.39 is 0 Å². The van der Waals surface area contributed by atoms with Crippen molar-refractivity contribution < 1.29 is 4.39 Å². The number of nitrogens with zero attached hydrogens (tertiary/aromatic N) is 1. The summed E-state index contributed by atoms with van der Waals surface area (Å²) in [6, 6.07) is 40.7. The molecule has 0 aliphatic carbocycles. The molecule has 6 aromatic rings. The van der Waals surface area contributed by atoms with Crippen LogP contribution in [0.5, 0.6) is 0 Å². The molecule has 0 aromatic heterocycles. The lowest BCUT2D eigenvalue weighted by atomic mass is 9.83. The average Bonchev–Trinajstić information content (AvgIpc) is 3.86. The van der Waals surface area contributed by atoms with Crippen molar-refractivity contribution in [3.63, 3.8) is 0 Å². The molecule has 0 amide bonds. The number of aryl methyl sites for hydroxylation is 1. The van der Waals surface area contributed by atoms with Gasteiger partial charge in [0.25, 0.3) is 0 Å². The van der Waals surface area contributed by atoms with Crippen molar-refractivity contribution >= 4 is 52.1 Å². The van der Waals surface area contributed by atoms with Gasteiger partial charge in [-0.05, 0) is 176 Å². The predicted octanol–water partition coefficient (Wildman–Crippen LogP) is 24.2. The van der Waals surface area contributed by atoms with E-state index in [1.165, 1.54) is 82.7 Å². The van der Waals surface area contributed by atoms with Crippen LogP contribution in [0, 0.1) is 12.7 Å². The summed E-state index contributed by atoms with van der Waals surface area (Å²) in [4.78, 5) is 2.52. The van der Waals surface area contributed by atoms with Gasteiger partial charge in [-0.25, -0.2) is 4.39 Å². The summed E-state index contributed by atoms with van der Waals surface area (Å²) in [7, 11) is 0. The normalized spacial score (nSPS) is 12.4. The molecule has 1 heterocycles. The number of benzene rings is 6. The van der Waals surface area contributed by atoms with Gasteiger partial charge in [0.2, 0.25) is 0 Å². The largest absolute Gasteiger partial charge is 0.371 e. The lowest BCUT2D eigenvalue weighted by Crippen LogP contribution is -2.19. The maximum absolute atomic E-state index is 12.9. The molecule has 0 unspecified atom stereocenters. The van der Waals surface area contributed by atoms with Crippen molar-refractivity contribution in [3.8, 4) is 0 Å². The zero-order chi connectivity index (χ0) is 57.8. The fourth-order valence-corrected chi connectivity index (χ4v) is 10.6. The third-order valence-corrected chi connectivity index (χ3v) is 14.5. The zero-order valence-electron chi connectivity index (χ0n) is 50.8. The molecule has 76 heavy (non-hydrogen) atoms. The molecule has 0 bridgehead atoms. The Labute approximate surface area is 484 Å². The van der Waals surface area contributed by atoms with Gasteiger partial charge < -0.3 is 4.90 Å². The Morgan fingerprint density at radius 3 is 1.11 bits per heavy atom. The number of rotatable bonds is 8. The van der Waals surface area contributed by atoms with Crippen LogP contribution in [0.3, 0.4) is 0 Å². The van der Waals surface area contributed by atoms with E-state index in [1.54, 1.807) is 11.6 Å². The van der Waals surface area contributed by atoms with Gasteiger partial charge in [-0.3, -0.25) is 0 Å². The molecule has 0 atom stereocenters. The van der Waals surface area contributed by atoms with Crippen molar-refractivity contribution in [3.05, 3.63) is 203 Å². The minimum Gasteiger partial charge on any atom is -0.371 e. The second-order valence-corrected chi connectivity index (χ2v) is 26.3. The summed E-state index contributed by atoms with van der Waals surface area (Å²) in [5, 5.41) is 2.81. The van der Waals surface area contributed by atoms with Crippen LogP contribution in [0.4, 0.5) is 10.1 Å². The second kappa shape index (κ2) is 32.3. The lowest BCUT2D eigenvalue weighted by Gasteiger charge is -2.22. The molecular weight excluding hydrogens is 1020 g/mol. The SMILES string of the molecule is CC(C)(C)c1cc(F)cc(Cl)c1.CC(C)c1c(Cl)cccc1Cl.CC(C)c1cccc(C(C)C)c1C(C)C.CC(C)c1ccccc1C(C)C.CC(C)c1ccccc1N1CCCC1.Cc1cc(Cl)cc(C(C)(C)C)c1. The molecule has 0 radical (unpaired) electrons. The fraction of sp³-hybridized carbons (Fsp3) is 0.486. The fourth-order valence-electron chi connectivity index (χ4n) is 9.28. The van der Waals surface area contributed by atoms with Gasteiger partial charge in [-0.15, -0.1) is 0 Å². The Balaban J connectivity index is 0.000000313. The number of anilines is 1. The molecule has 1 fully saturated rings. The maximum atomic E-state index is 12.9. The van der Waals surface area contributed by atoms with Crippen LogP contribution < -0.4 is 4.90 Å². The summed E-state index contributed by atoms with van der Waals surface area (Å²) < 4.78 is 12.9. The first kappa shape index (κ1) is 68.3. The van der Waals surface area contributed by atoms with Gasteiger partial charge in [0.1, 0.15) is 5.82 Å². The van der Waals surface area contributed by atoms with Crippen LogP contribution >= 0.6 is 46.4 Å². The summed E-state index contributed by atoms with van der Waals surface area (Å²) in [6.07, 6.45) is 2.71. The molecule has 0 spiro atoms. The van der Waals surface area contributed by atoms with E-state index in [1.807, 2.05) is 51.1 Å². The van der Waals surface area contributed by atoms with E-state index >= 15 is 0 Å². The highest BCUT2D eigenvalue weighted by atomic mass is 35.5. The minimum absolute atomic E-state index is 0.0499. The van der Waals surface area contributed by atoms with Gasteiger partial charge in [-0.2, -0.15) is 0 Å². The Hall–Kier alpha value is -3.79. The number of para-hydroxylation sites is 1. The molecule has 1 nitrogen and oxygen atoms in total. The molecule has 7 rings (SSSR count). The van der Waals surface area contributed by atoms with Gasteiger partial charge in [-0.1, -0.05) is 258 Å². The molecule has 418 valence electrons. The van der Waals surface area contributed by atoms with E-state index in [9.17, 15) is 4.39 Å². The van der Waals surface area contributed by atoms with Crippen LogP contribution in [0.25, 0.3) is 0 Å². The van der Waals surface area contributed by atoms with Crippen molar-refractivity contribution in [1.29, 1.82) is 0 Å². The first-order valence-corrected chi connectivity index (χ1v) is 29.5. The zero-order valence-corrected chi connectivity index (χ0v) is 53.8. The molecule has 6 aromatic carbocycles. The van der Waals surface area contributed by atoms with Gasteiger partial charge in [0, 0.05) is 38.9 Å². The summed E-state index contributed by atoms with van der Waals surface area (Å²) in [5.74, 6) is 3.91. The van der Waals surface area contributed by atoms with Crippen molar-refractivity contribution in [2.75, 3.05) is 18.0 Å². The van der Waals surface area contributed by atoms with Crippen LogP contribution in [-0.2, 0) is 10.8 Å². The van der Waals surface area contributed by atoms with Crippen molar-refractivity contribution in [2.45, 2.75) is 210 Å². The van der Waals surface area contributed by atoms with Crippen LogP contribution in [0.1, 0.15) is 248 Å². The lowest BCUT2D eigenvalue weighted by molar-refractivity contribution is 0.572. The number of hydrogen-bond acceptors (Lipinski definition) is 1. The third kappa shape index (κ3) is 22.9. The second-order valence-electron chi connectivity index (χ2n) is 24.6. The highest BCUT2D eigenvalue weighted by molar-refractivity contribution is 6.36. The third-order valence-electron chi connectivity index (χ3n) is 13.5. The molecular formula is C70H98Cl4FN. The highest BCUT2D eigenvalue weighted by Crippen LogP contribution is 2.35. The van der Waals surface area contributed by atoms with E-state index in [4.69, 9.17) is 46.4 Å². The Morgan fingerprint density at radius 1 is 0.395 bits per heavy atom. The number of hydrogen-bond donors (Lipinski definition) is 0. The van der Waals surface area contributed by atoms with Crippen LogP contribution in [0.15, 0.2) is 121 Å². The summed E-state index contributed by atoms with van der Waals surface area (Å²) in [5.41, 5.74) is 15.2. The Morgan fingerprint density at radius 2 is 0.750 bits per heavy atom. The molecule has 1 aliphatic rings. The molecule has 6 heteroatoms. The van der Waals surface area contributed by atoms with Crippen molar-refractivity contribution in [2.24, 2.45) is 0 Å². The van der Waals surface area contributed by atoms with E-state index in [-0.39, 0.29) is 16.6 Å². The summed E-state index contributed by atoms with van der Waals surface area (Å²) >= 11 is 23.6. The van der Waals surface area contributed by atoms with Crippen LogP contribution in [0.2, 0.25) is 20.1 Å². The first-order chi connectivity index (χ1) is 35.3. The van der Waals surface area contributed by atoms with Gasteiger partial charge in [0.05, 0.1) is 0 Å². The standard InChI is InChI=1S/C15H24.C13H19N.C12H18.C11H15Cl.C10H12ClF.C9H10Cl2/c1-10(2)13-8-7-9-14(11(3)4)15(13)12(5)6;1-11(2)12-7-3-4-8-13(12)14-9-5-6-10-14;1-9(2)11-7-5-6-8-12(11)10(3)4;1-8-5-9(11(2,3)4)7-10(12)6-8;1-10(2,3)7-4-8(11)6-9(12)5-7;1-6(2)9-7(10)4-3-5-8(9)11/h7-12H,1-6H3;3-4,7-8,11H,5-6,9-10H2,1-2H3;5-10H,1-4H3;5-7H,1-4H3;4-6H,1-3H3;3-6H,1-2H3. The smallest absolute Gasteiger partial charge is 0.124 e. The van der Waals surface area contributed by atoms with Gasteiger partial charge in [0.15, 0.2) is 0 Å². The molecule has 0 N–H and O–H groups in total. The van der Waals surface area contributed by atoms with Gasteiger partial charge >= 0.3 is 0 Å². The van der Waals surface area contributed by atoms with Crippen LogP contribution in [-0.4, -0.2) is 13.1 Å². The van der Waals surface area contributed by atoms with E-state index in [0.717, 1.165) is 26.2 Å². The molecule has 1 aliphatic heterocycles. The number of halogens is 5. The Bertz CT molecular complexity index is 2460. The average molecular weight is 1110 g/mol. The first-order valence-electron chi connectivity index (χ1n) is 28.0. The van der Waals surface area contributed by atoms with Crippen molar-refractivity contribution in [1.82, 2.24) is 0 Å². The minimum atomic E-state index is -0.271. The van der Waals surface area contributed by atoms with E-state index in [2.05, 4.69) is 202 Å². The van der Waals surface area contributed by atoms with E-state index in [0.29, 0.717) is 46.4 Å². The topological polar surface area (TPSA) is 3.24 Å². The highest BCUT2D eigenvalue weighted by Gasteiger charge is 2.19. The maximum Gasteiger partial charge on any atom is 0.124 e. The molecule has 0 saturated carbocycles. The predicted molar refractivity (Wildman–Crippen MR) is 341 cm³/mol. The monoisotopic (exact) mass is 1110 g/mol. The quantitative estimate of drug-likeness (QED) is 0.147.